The summed E-state index contributed by atoms with van der Waals surface area (Å²) in [5.41, 5.74) is 6.87. The van der Waals surface area contributed by atoms with Crippen LogP contribution in [0.1, 0.15) is 25.5 Å². The van der Waals surface area contributed by atoms with Crippen LogP contribution in [-0.2, 0) is 11.8 Å². The summed E-state index contributed by atoms with van der Waals surface area (Å²) in [5.74, 6) is 0.134. The summed E-state index contributed by atoms with van der Waals surface area (Å²) >= 11 is 0. The molecule has 0 saturated heterocycles. The lowest BCUT2D eigenvalue weighted by molar-refractivity contribution is -0.132. The first-order valence-electron chi connectivity index (χ1n) is 6.70. The van der Waals surface area contributed by atoms with E-state index in [1.54, 1.807) is 10.9 Å². The molecule has 0 saturated carbocycles. The van der Waals surface area contributed by atoms with Crippen molar-refractivity contribution in [3.05, 3.63) is 18.0 Å². The monoisotopic (exact) mass is 267 g/mol. The van der Waals surface area contributed by atoms with Gasteiger partial charge in [-0.25, -0.2) is 0 Å². The van der Waals surface area contributed by atoms with Crippen LogP contribution in [0.15, 0.2) is 12.4 Å². The highest BCUT2D eigenvalue weighted by Crippen LogP contribution is 2.17. The maximum atomic E-state index is 12.1. The first-order chi connectivity index (χ1) is 9.03. The Morgan fingerprint density at radius 2 is 2.11 bits per heavy atom. The van der Waals surface area contributed by atoms with E-state index in [0.717, 1.165) is 18.7 Å². The molecule has 1 amide bonds. The van der Waals surface area contributed by atoms with E-state index in [1.165, 1.54) is 0 Å². The van der Waals surface area contributed by atoms with Crippen LogP contribution in [0.5, 0.6) is 0 Å². The minimum absolute atomic E-state index is 0.0215. The van der Waals surface area contributed by atoms with E-state index in [-0.39, 0.29) is 11.9 Å². The number of carbonyl (C=O) groups excluding carboxylic acids is 1. The maximum Gasteiger partial charge on any atom is 0.236 e. The number of amides is 1. The predicted molar refractivity (Wildman–Crippen MR) is 75.6 cm³/mol. The summed E-state index contributed by atoms with van der Waals surface area (Å²) in [6.07, 6.45) is 3.74. The number of hydrogen-bond acceptors (Lipinski definition) is 4. The Kier molecular flexibility index (Phi) is 5.98. The molecule has 0 spiro atoms. The zero-order chi connectivity index (χ0) is 14.4. The van der Waals surface area contributed by atoms with Gasteiger partial charge in [0.05, 0.1) is 18.8 Å². The molecule has 0 bridgehead atoms. The van der Waals surface area contributed by atoms with E-state index in [1.807, 2.05) is 43.9 Å². The molecule has 1 unspecified atom stereocenters. The number of aromatic nitrogens is 2. The highest BCUT2D eigenvalue weighted by Gasteiger charge is 2.21. The third kappa shape index (κ3) is 4.04. The van der Waals surface area contributed by atoms with Gasteiger partial charge in [0.2, 0.25) is 5.91 Å². The van der Waals surface area contributed by atoms with E-state index in [9.17, 15) is 4.79 Å². The molecule has 1 atom stereocenters. The van der Waals surface area contributed by atoms with Crippen LogP contribution in [0.25, 0.3) is 0 Å². The molecule has 6 heteroatoms. The van der Waals surface area contributed by atoms with Gasteiger partial charge < -0.3 is 10.6 Å². The number of likely N-dealkylation sites (N-methyl/N-ethyl adjacent to an activating group) is 2. The van der Waals surface area contributed by atoms with Crippen LogP contribution in [0.4, 0.5) is 0 Å². The van der Waals surface area contributed by atoms with Gasteiger partial charge in [0, 0.05) is 38.4 Å². The van der Waals surface area contributed by atoms with Crippen molar-refractivity contribution in [2.24, 2.45) is 12.8 Å². The molecule has 19 heavy (non-hydrogen) atoms. The second-order valence-corrected chi connectivity index (χ2v) is 4.68. The fourth-order valence-electron chi connectivity index (χ4n) is 2.18. The van der Waals surface area contributed by atoms with Crippen molar-refractivity contribution >= 4 is 5.91 Å². The van der Waals surface area contributed by atoms with Crippen LogP contribution >= 0.6 is 0 Å². The van der Waals surface area contributed by atoms with Gasteiger partial charge in [-0.05, 0) is 20.9 Å². The molecule has 0 aromatic carbocycles. The summed E-state index contributed by atoms with van der Waals surface area (Å²) < 4.78 is 1.75. The Hall–Kier alpha value is -1.40. The molecule has 1 rings (SSSR count). The van der Waals surface area contributed by atoms with Crippen molar-refractivity contribution < 1.29 is 4.79 Å². The highest BCUT2D eigenvalue weighted by molar-refractivity contribution is 5.78. The molecule has 0 aliphatic rings. The first-order valence-corrected chi connectivity index (χ1v) is 6.70. The SMILES string of the molecule is CCN(CC)C(=O)CN(C)C(CN)c1cnn(C)c1. The van der Waals surface area contributed by atoms with E-state index < -0.39 is 0 Å². The van der Waals surface area contributed by atoms with Crippen LogP contribution in [0.2, 0.25) is 0 Å². The number of nitrogens with zero attached hydrogens (tertiary/aromatic N) is 4. The molecular weight excluding hydrogens is 242 g/mol. The molecule has 0 aliphatic carbocycles. The third-order valence-corrected chi connectivity index (χ3v) is 3.37. The van der Waals surface area contributed by atoms with Crippen molar-refractivity contribution in [3.8, 4) is 0 Å². The Labute approximate surface area is 115 Å². The van der Waals surface area contributed by atoms with Crippen molar-refractivity contribution in [2.45, 2.75) is 19.9 Å². The van der Waals surface area contributed by atoms with Gasteiger partial charge in [-0.15, -0.1) is 0 Å². The highest BCUT2D eigenvalue weighted by atomic mass is 16.2. The first kappa shape index (κ1) is 15.7. The summed E-state index contributed by atoms with van der Waals surface area (Å²) in [6.45, 7) is 6.30. The zero-order valence-electron chi connectivity index (χ0n) is 12.3. The standard InChI is InChI=1S/C13H25N5O/c1-5-18(6-2)13(19)10-16(3)12(7-14)11-8-15-17(4)9-11/h8-9,12H,5-7,10,14H2,1-4H3. The summed E-state index contributed by atoms with van der Waals surface area (Å²) in [6, 6.07) is 0.0215. The minimum Gasteiger partial charge on any atom is -0.342 e. The Balaban J connectivity index is 2.69. The maximum absolute atomic E-state index is 12.1. The summed E-state index contributed by atoms with van der Waals surface area (Å²) in [5, 5.41) is 4.15. The largest absolute Gasteiger partial charge is 0.342 e. The Bertz CT molecular complexity index is 399. The molecule has 0 radical (unpaired) electrons. The molecule has 1 heterocycles. The van der Waals surface area contributed by atoms with Crippen LogP contribution in [0.3, 0.4) is 0 Å². The average molecular weight is 267 g/mol. The smallest absolute Gasteiger partial charge is 0.236 e. The van der Waals surface area contributed by atoms with Gasteiger partial charge in [-0.1, -0.05) is 0 Å². The molecule has 0 aliphatic heterocycles. The molecule has 108 valence electrons. The van der Waals surface area contributed by atoms with Gasteiger partial charge in [0.15, 0.2) is 0 Å². The van der Waals surface area contributed by atoms with Crippen LogP contribution in [0, 0.1) is 0 Å². The van der Waals surface area contributed by atoms with Crippen molar-refractivity contribution in [1.82, 2.24) is 19.6 Å². The van der Waals surface area contributed by atoms with Crippen molar-refractivity contribution in [1.29, 1.82) is 0 Å². The molecular formula is C13H25N5O. The van der Waals surface area contributed by atoms with E-state index in [0.29, 0.717) is 13.1 Å². The topological polar surface area (TPSA) is 67.4 Å². The van der Waals surface area contributed by atoms with Crippen molar-refractivity contribution in [3.63, 3.8) is 0 Å². The second kappa shape index (κ2) is 7.25. The normalized spacial score (nSPS) is 12.7. The third-order valence-electron chi connectivity index (χ3n) is 3.37. The Morgan fingerprint density at radius 3 is 2.53 bits per heavy atom. The quantitative estimate of drug-likeness (QED) is 0.767. The van der Waals surface area contributed by atoms with E-state index in [2.05, 4.69) is 5.10 Å². The fraction of sp³-hybridized carbons (Fsp3) is 0.692. The Morgan fingerprint density at radius 1 is 1.47 bits per heavy atom. The average Bonchev–Trinajstić information content (AvgIpc) is 2.78. The molecule has 0 fully saturated rings. The minimum atomic E-state index is 0.0215. The predicted octanol–water partition coefficient (Wildman–Crippen LogP) is 0.220. The summed E-state index contributed by atoms with van der Waals surface area (Å²) in [4.78, 5) is 15.9. The van der Waals surface area contributed by atoms with Crippen LogP contribution < -0.4 is 5.73 Å². The number of rotatable bonds is 7. The zero-order valence-corrected chi connectivity index (χ0v) is 12.3. The lowest BCUT2D eigenvalue weighted by Crippen LogP contribution is -2.41. The molecule has 1 aromatic rings. The number of aryl methyl sites for hydroxylation is 1. The lowest BCUT2D eigenvalue weighted by Gasteiger charge is -2.28. The van der Waals surface area contributed by atoms with Gasteiger partial charge >= 0.3 is 0 Å². The molecule has 1 aromatic heterocycles. The number of carbonyl (C=O) groups is 1. The van der Waals surface area contributed by atoms with Gasteiger partial charge in [0.1, 0.15) is 0 Å². The molecule has 2 N–H and O–H groups in total. The van der Waals surface area contributed by atoms with Crippen LogP contribution in [-0.4, -0.2) is 58.7 Å². The van der Waals surface area contributed by atoms with Gasteiger partial charge in [-0.2, -0.15) is 5.10 Å². The van der Waals surface area contributed by atoms with Gasteiger partial charge in [0.25, 0.3) is 0 Å². The number of hydrogen-bond donors (Lipinski definition) is 1. The van der Waals surface area contributed by atoms with E-state index in [4.69, 9.17) is 5.73 Å². The van der Waals surface area contributed by atoms with Gasteiger partial charge in [-0.3, -0.25) is 14.4 Å². The lowest BCUT2D eigenvalue weighted by atomic mass is 10.1. The summed E-state index contributed by atoms with van der Waals surface area (Å²) in [7, 11) is 3.80. The fourth-order valence-corrected chi connectivity index (χ4v) is 2.18. The van der Waals surface area contributed by atoms with Crippen molar-refractivity contribution in [2.75, 3.05) is 33.2 Å². The number of nitrogens with two attached hydrogens (primary N) is 1. The van der Waals surface area contributed by atoms with E-state index >= 15 is 0 Å². The second-order valence-electron chi connectivity index (χ2n) is 4.68. The molecule has 6 nitrogen and oxygen atoms in total.